The van der Waals surface area contributed by atoms with Crippen LogP contribution in [-0.2, 0) is 11.8 Å². The van der Waals surface area contributed by atoms with Crippen molar-refractivity contribution in [3.05, 3.63) is 89.4 Å². The fourth-order valence-electron chi connectivity index (χ4n) is 3.67. The predicted molar refractivity (Wildman–Crippen MR) is 162 cm³/mol. The molecular weight excluding hydrogens is 524 g/mol. The molecule has 8 nitrogen and oxygen atoms in total. The second-order valence-corrected chi connectivity index (χ2v) is 9.59. The number of allylic oxidation sites excluding steroid dienone is 2. The minimum atomic E-state index is 0.108. The van der Waals surface area contributed by atoms with Crippen molar-refractivity contribution in [2.45, 2.75) is 20.3 Å². The van der Waals surface area contributed by atoms with Crippen molar-refractivity contribution in [1.82, 2.24) is 19.4 Å². The Morgan fingerprint density at radius 3 is 2.65 bits per heavy atom. The van der Waals surface area contributed by atoms with Gasteiger partial charge in [-0.15, -0.1) is 0 Å². The molecule has 0 aliphatic rings. The van der Waals surface area contributed by atoms with Gasteiger partial charge >= 0.3 is 0 Å². The lowest BCUT2D eigenvalue weighted by atomic mass is 10.2. The van der Waals surface area contributed by atoms with Crippen molar-refractivity contribution in [2.75, 3.05) is 26.0 Å². The molecule has 2 aromatic heterocycles. The zero-order valence-electron chi connectivity index (χ0n) is 23.4. The third-order valence-corrected chi connectivity index (χ3v) is 5.89. The maximum atomic E-state index is 10.3. The van der Waals surface area contributed by atoms with Crippen LogP contribution in [0.15, 0.2) is 73.1 Å². The first-order valence-corrected chi connectivity index (χ1v) is 13.1. The lowest BCUT2D eigenvalue weighted by Crippen LogP contribution is -2.10. The number of benzene rings is 2. The summed E-state index contributed by atoms with van der Waals surface area (Å²) in [6.45, 7) is 4.48. The highest BCUT2D eigenvalue weighted by Crippen LogP contribution is 2.34. The van der Waals surface area contributed by atoms with E-state index in [0.717, 1.165) is 35.4 Å². The van der Waals surface area contributed by atoms with Crippen LogP contribution in [0.5, 0.6) is 11.5 Å². The number of likely N-dealkylation sites (N-methyl/N-ethyl adjacent to an activating group) is 1. The highest BCUT2D eigenvalue weighted by molar-refractivity contribution is 6.32. The second kappa shape index (κ2) is 14.6. The number of fused-ring (bicyclic) bond motifs is 1. The molecule has 0 spiro atoms. The number of nitrogens with one attached hydrogen (secondary N) is 1. The number of rotatable bonds is 9. The summed E-state index contributed by atoms with van der Waals surface area (Å²) >= 11 is 6.45. The lowest BCUT2D eigenvalue weighted by molar-refractivity contribution is -0.112. The number of nitriles is 1. The summed E-state index contributed by atoms with van der Waals surface area (Å²) in [5, 5.41) is 12.8. The number of aromatic nitrogens is 3. The Kier molecular flexibility index (Phi) is 11.0. The van der Waals surface area contributed by atoms with E-state index in [-0.39, 0.29) is 5.78 Å². The van der Waals surface area contributed by atoms with Crippen LogP contribution in [0.3, 0.4) is 0 Å². The van der Waals surface area contributed by atoms with Gasteiger partial charge in [0, 0.05) is 25.0 Å². The van der Waals surface area contributed by atoms with Gasteiger partial charge in [0.05, 0.1) is 22.2 Å². The van der Waals surface area contributed by atoms with Gasteiger partial charge in [-0.2, -0.15) is 5.26 Å². The molecule has 9 heteroatoms. The van der Waals surface area contributed by atoms with Crippen LogP contribution in [0.25, 0.3) is 17.1 Å². The molecule has 206 valence electrons. The van der Waals surface area contributed by atoms with E-state index in [1.165, 1.54) is 0 Å². The Bertz CT molecular complexity index is 1570. The van der Waals surface area contributed by atoms with Crippen molar-refractivity contribution >= 4 is 46.0 Å². The Hall–Kier alpha value is -4.45. The molecule has 40 heavy (non-hydrogen) atoms. The number of anilines is 2. The Balaban J connectivity index is 0.000000424. The molecular formula is C31H33ClN6O2. The quantitative estimate of drug-likeness (QED) is 0.219. The number of nitrogens with zero attached hydrogens (tertiary/aromatic N) is 5. The van der Waals surface area contributed by atoms with Gasteiger partial charge in [0.15, 0.2) is 11.6 Å². The van der Waals surface area contributed by atoms with Gasteiger partial charge in [-0.05, 0) is 82.1 Å². The number of carbonyl (C=O) groups excluding carboxylic acids is 1. The molecule has 4 rings (SSSR count). The third-order valence-electron chi connectivity index (χ3n) is 5.59. The maximum absolute atomic E-state index is 10.3. The van der Waals surface area contributed by atoms with E-state index in [1.807, 2.05) is 44.3 Å². The lowest BCUT2D eigenvalue weighted by Gasteiger charge is -2.12. The first-order chi connectivity index (χ1) is 19.2. The minimum Gasteiger partial charge on any atom is -0.456 e. The fraction of sp³-hybridized carbons (Fsp3) is 0.226. The smallest absolute Gasteiger partial charge is 0.158 e. The first kappa shape index (κ1) is 30.1. The van der Waals surface area contributed by atoms with Crippen LogP contribution in [0.4, 0.5) is 11.5 Å². The largest absolute Gasteiger partial charge is 0.456 e. The van der Waals surface area contributed by atoms with E-state index >= 15 is 0 Å². The third kappa shape index (κ3) is 8.53. The molecule has 0 radical (unpaired) electrons. The van der Waals surface area contributed by atoms with Gasteiger partial charge in [-0.3, -0.25) is 4.79 Å². The molecule has 0 saturated heterocycles. The zero-order valence-corrected chi connectivity index (χ0v) is 24.1. The average Bonchev–Trinajstić information content (AvgIpc) is 3.25. The van der Waals surface area contributed by atoms with Crippen LogP contribution in [-0.4, -0.2) is 45.9 Å². The van der Waals surface area contributed by atoms with Gasteiger partial charge in [-0.25, -0.2) is 9.97 Å². The van der Waals surface area contributed by atoms with Crippen LogP contribution >= 0.6 is 11.6 Å². The molecule has 0 unspecified atom stereocenters. The SMILES string of the molecule is CC(=O)/C=C/CN(C)C.CC/C=C/c1cc2ncnc(Nc3ccc(Oc4cccc(C#N)c4)c(Cl)c3)c2n1C. The summed E-state index contributed by atoms with van der Waals surface area (Å²) in [4.78, 5) is 21.1. The van der Waals surface area contributed by atoms with Crippen molar-refractivity contribution < 1.29 is 9.53 Å². The molecule has 0 bridgehead atoms. The van der Waals surface area contributed by atoms with Gasteiger partial charge < -0.3 is 19.5 Å². The number of aryl methyl sites for hydroxylation is 1. The van der Waals surface area contributed by atoms with Crippen molar-refractivity contribution in [3.63, 3.8) is 0 Å². The summed E-state index contributed by atoms with van der Waals surface area (Å²) in [5.41, 5.74) is 4.12. The van der Waals surface area contributed by atoms with E-state index in [9.17, 15) is 4.79 Å². The second-order valence-electron chi connectivity index (χ2n) is 9.18. The van der Waals surface area contributed by atoms with Gasteiger partial charge in [0.1, 0.15) is 23.3 Å². The molecule has 0 saturated carbocycles. The summed E-state index contributed by atoms with van der Waals surface area (Å²) in [6.07, 6.45) is 10.1. The first-order valence-electron chi connectivity index (χ1n) is 12.7. The fourth-order valence-corrected chi connectivity index (χ4v) is 3.89. The van der Waals surface area contributed by atoms with Crippen molar-refractivity contribution in [1.29, 1.82) is 5.26 Å². The Labute approximate surface area is 240 Å². The van der Waals surface area contributed by atoms with Crippen molar-refractivity contribution in [2.24, 2.45) is 7.05 Å². The number of hydrogen-bond acceptors (Lipinski definition) is 7. The Morgan fingerprint density at radius 1 is 1.18 bits per heavy atom. The van der Waals surface area contributed by atoms with E-state index < -0.39 is 0 Å². The van der Waals surface area contributed by atoms with Crippen LogP contribution in [0, 0.1) is 11.3 Å². The van der Waals surface area contributed by atoms with Crippen LogP contribution in [0.2, 0.25) is 5.02 Å². The highest BCUT2D eigenvalue weighted by Gasteiger charge is 2.12. The normalized spacial score (nSPS) is 11.1. The van der Waals surface area contributed by atoms with Crippen molar-refractivity contribution in [3.8, 4) is 17.6 Å². The molecule has 2 aromatic carbocycles. The predicted octanol–water partition coefficient (Wildman–Crippen LogP) is 7.15. The molecule has 0 aliphatic heterocycles. The zero-order chi connectivity index (χ0) is 29.1. The molecule has 0 fully saturated rings. The summed E-state index contributed by atoms with van der Waals surface area (Å²) in [5.74, 6) is 1.85. The van der Waals surface area contributed by atoms with E-state index in [2.05, 4.69) is 45.0 Å². The van der Waals surface area contributed by atoms with E-state index in [1.54, 1.807) is 55.7 Å². The average molecular weight is 557 g/mol. The number of hydrogen-bond donors (Lipinski definition) is 1. The number of ether oxygens (including phenoxy) is 1. The van der Waals surface area contributed by atoms with E-state index in [0.29, 0.717) is 27.9 Å². The summed E-state index contributed by atoms with van der Waals surface area (Å²) < 4.78 is 7.90. The monoisotopic (exact) mass is 556 g/mol. The van der Waals surface area contributed by atoms with Gasteiger partial charge in [0.2, 0.25) is 0 Å². The van der Waals surface area contributed by atoms with Gasteiger partial charge in [0.25, 0.3) is 0 Å². The molecule has 2 heterocycles. The van der Waals surface area contributed by atoms with Crippen LogP contribution in [0.1, 0.15) is 31.5 Å². The minimum absolute atomic E-state index is 0.108. The molecule has 0 atom stereocenters. The number of carbonyl (C=O) groups is 1. The molecule has 0 aliphatic carbocycles. The highest BCUT2D eigenvalue weighted by atomic mass is 35.5. The molecule has 1 N–H and O–H groups in total. The standard InChI is InChI=1S/C24H20ClN5O.C7H13NO/c1-3-4-7-18-13-21-23(30(18)2)24(28-15-27-21)29-17-9-10-22(20(25)12-17)31-19-8-5-6-16(11-19)14-26;1-7(9)5-4-6-8(2)3/h4-13,15H,3H2,1-2H3,(H,27,28,29);4-5H,6H2,1-3H3/b7-4+;5-4+. The van der Waals surface area contributed by atoms with Gasteiger partial charge in [-0.1, -0.05) is 36.7 Å². The molecule has 0 amide bonds. The summed E-state index contributed by atoms with van der Waals surface area (Å²) in [7, 11) is 5.92. The number of ketones is 1. The topological polar surface area (TPSA) is 96.1 Å². The molecule has 4 aromatic rings. The van der Waals surface area contributed by atoms with E-state index in [4.69, 9.17) is 21.6 Å². The Morgan fingerprint density at radius 2 is 1.98 bits per heavy atom. The van der Waals surface area contributed by atoms with Crippen LogP contribution < -0.4 is 10.1 Å². The number of halogens is 1. The summed E-state index contributed by atoms with van der Waals surface area (Å²) in [6, 6.07) is 16.5. The maximum Gasteiger partial charge on any atom is 0.158 e.